The Morgan fingerprint density at radius 1 is 1.00 bits per heavy atom. The number of fused-ring (bicyclic) bond motifs is 1. The predicted molar refractivity (Wildman–Crippen MR) is 135 cm³/mol. The molecule has 190 valence electrons. The molecule has 0 aliphatic carbocycles. The van der Waals surface area contributed by atoms with Gasteiger partial charge in [0.1, 0.15) is 11.4 Å². The fraction of sp³-hybridized carbons (Fsp3) is 0.360. The van der Waals surface area contributed by atoms with Gasteiger partial charge in [0.15, 0.2) is 0 Å². The van der Waals surface area contributed by atoms with Crippen molar-refractivity contribution < 1.29 is 22.7 Å². The van der Waals surface area contributed by atoms with Crippen molar-refractivity contribution >= 4 is 27.8 Å². The van der Waals surface area contributed by atoms with Gasteiger partial charge in [-0.25, -0.2) is 4.68 Å². The molecule has 0 spiro atoms. The van der Waals surface area contributed by atoms with E-state index in [-0.39, 0.29) is 38.1 Å². The molecule has 36 heavy (non-hydrogen) atoms. The molecular weight excluding hydrogens is 504 g/mol. The highest BCUT2D eigenvalue weighted by Gasteiger charge is 2.40. The van der Waals surface area contributed by atoms with Crippen molar-refractivity contribution in [2.24, 2.45) is 5.92 Å². The molecule has 2 aliphatic rings. The van der Waals surface area contributed by atoms with Gasteiger partial charge < -0.3 is 9.47 Å². The van der Waals surface area contributed by atoms with Crippen molar-refractivity contribution in [3.05, 3.63) is 64.8 Å². The summed E-state index contributed by atoms with van der Waals surface area (Å²) in [5.41, 5.74) is 3.97. The van der Waals surface area contributed by atoms with Crippen LogP contribution >= 0.6 is 11.6 Å². The molecule has 0 saturated carbocycles. The van der Waals surface area contributed by atoms with Crippen LogP contribution in [0.25, 0.3) is 16.9 Å². The second-order valence-corrected chi connectivity index (χ2v) is 11.2. The Labute approximate surface area is 215 Å². The molecule has 1 saturated heterocycles. The van der Waals surface area contributed by atoms with E-state index in [1.54, 1.807) is 19.2 Å². The molecule has 0 N–H and O–H groups in total. The van der Waals surface area contributed by atoms with E-state index in [0.29, 0.717) is 29.3 Å². The largest absolute Gasteiger partial charge is 0.494 e. The quantitative estimate of drug-likeness (QED) is 0.452. The number of para-hydroxylation sites is 2. The number of hydrogen-bond acceptors (Lipinski definition) is 6. The zero-order valence-electron chi connectivity index (χ0n) is 20.1. The summed E-state index contributed by atoms with van der Waals surface area (Å²) in [6.45, 7) is 0.919. The first kappa shape index (κ1) is 24.8. The van der Waals surface area contributed by atoms with E-state index in [4.69, 9.17) is 26.2 Å². The predicted octanol–water partition coefficient (Wildman–Crippen LogP) is 3.65. The van der Waals surface area contributed by atoms with E-state index in [9.17, 15) is 13.2 Å². The fourth-order valence-electron chi connectivity index (χ4n) is 4.89. The molecule has 3 aromatic rings. The van der Waals surface area contributed by atoms with Crippen LogP contribution in [0.15, 0.2) is 48.5 Å². The van der Waals surface area contributed by atoms with E-state index in [0.717, 1.165) is 22.5 Å². The lowest BCUT2D eigenvalue weighted by Crippen LogP contribution is -2.46. The van der Waals surface area contributed by atoms with Crippen LogP contribution in [-0.4, -0.2) is 60.1 Å². The molecule has 1 aromatic heterocycles. The molecule has 3 heterocycles. The van der Waals surface area contributed by atoms with Crippen molar-refractivity contribution in [3.63, 3.8) is 0 Å². The summed E-state index contributed by atoms with van der Waals surface area (Å²) < 4.78 is 42.1. The first-order valence-electron chi connectivity index (χ1n) is 11.7. The van der Waals surface area contributed by atoms with Gasteiger partial charge in [0.05, 0.1) is 38.1 Å². The topological polar surface area (TPSA) is 94.0 Å². The van der Waals surface area contributed by atoms with Crippen LogP contribution in [0.4, 0.5) is 0 Å². The normalized spacial score (nSPS) is 17.2. The Balaban J connectivity index is 1.48. The van der Waals surface area contributed by atoms with Crippen LogP contribution in [0.1, 0.15) is 24.1 Å². The molecule has 2 aromatic carbocycles. The molecule has 1 fully saturated rings. The van der Waals surface area contributed by atoms with Crippen LogP contribution in [0.3, 0.4) is 0 Å². The van der Waals surface area contributed by atoms with Gasteiger partial charge in [-0.15, -0.1) is 0 Å². The van der Waals surface area contributed by atoms with Crippen LogP contribution < -0.4 is 4.74 Å². The average Bonchev–Trinajstić information content (AvgIpc) is 3.48. The summed E-state index contributed by atoms with van der Waals surface area (Å²) in [4.78, 5) is 11.9. The number of ether oxygens (including phenoxy) is 2. The number of methoxy groups -OCH3 is 2. The second kappa shape index (κ2) is 9.85. The van der Waals surface area contributed by atoms with E-state index in [1.807, 2.05) is 41.1 Å². The Bertz CT molecular complexity index is 1380. The molecule has 0 radical (unpaired) electrons. The zero-order chi connectivity index (χ0) is 25.4. The van der Waals surface area contributed by atoms with Crippen molar-refractivity contribution in [2.45, 2.75) is 25.9 Å². The number of carbonyl (C=O) groups is 1. The van der Waals surface area contributed by atoms with Gasteiger partial charge in [-0.3, -0.25) is 4.79 Å². The Hall–Kier alpha value is -2.92. The molecule has 2 aliphatic heterocycles. The van der Waals surface area contributed by atoms with E-state index >= 15 is 0 Å². The summed E-state index contributed by atoms with van der Waals surface area (Å²) in [7, 11) is -0.768. The molecule has 0 amide bonds. The maximum atomic E-state index is 13.5. The van der Waals surface area contributed by atoms with Gasteiger partial charge in [-0.2, -0.15) is 22.1 Å². The molecule has 0 bridgehead atoms. The molecular formula is C25H27ClN4O5S. The minimum atomic E-state index is -3.73. The van der Waals surface area contributed by atoms with E-state index in [1.165, 1.54) is 15.7 Å². The number of hydrogen-bond donors (Lipinski definition) is 0. The van der Waals surface area contributed by atoms with Crippen LogP contribution in [0.2, 0.25) is 5.02 Å². The Morgan fingerprint density at radius 3 is 2.36 bits per heavy atom. The maximum Gasteiger partial charge on any atom is 0.308 e. The molecule has 9 nitrogen and oxygen atoms in total. The van der Waals surface area contributed by atoms with Gasteiger partial charge in [-0.05, 0) is 37.1 Å². The highest BCUT2D eigenvalue weighted by molar-refractivity contribution is 7.86. The van der Waals surface area contributed by atoms with Crippen LogP contribution in [-0.2, 0) is 32.8 Å². The Morgan fingerprint density at radius 2 is 1.69 bits per heavy atom. The van der Waals surface area contributed by atoms with Gasteiger partial charge in [0, 0.05) is 35.8 Å². The third-order valence-corrected chi connectivity index (χ3v) is 8.98. The first-order chi connectivity index (χ1) is 17.3. The van der Waals surface area contributed by atoms with Gasteiger partial charge in [0.2, 0.25) is 0 Å². The number of rotatable bonds is 6. The molecule has 11 heteroatoms. The summed E-state index contributed by atoms with van der Waals surface area (Å²) in [6, 6.07) is 15.0. The minimum absolute atomic E-state index is 0.164. The highest BCUT2D eigenvalue weighted by Crippen LogP contribution is 2.38. The zero-order valence-corrected chi connectivity index (χ0v) is 21.6. The SMILES string of the molecule is COC(=O)C1CCN(S(=O)(=O)N2Cc3nn(-c4ccccc4OC)c(-c4ccc(Cl)cc4)c3C2)CC1. The summed E-state index contributed by atoms with van der Waals surface area (Å²) in [5.74, 6) is 0.107. The number of halogens is 1. The number of carbonyl (C=O) groups excluding carboxylic acids is 1. The lowest BCUT2D eigenvalue weighted by Gasteiger charge is -2.32. The standard InChI is InChI=1S/C25H27ClN4O5S/c1-34-23-6-4-3-5-22(23)30-24(17-7-9-19(26)10-8-17)20-15-29(16-21(20)27-30)36(32,33)28-13-11-18(12-14-28)25(31)35-2/h3-10,18H,11-16H2,1-2H3. The van der Waals surface area contributed by atoms with Crippen LogP contribution in [0.5, 0.6) is 5.75 Å². The molecule has 0 atom stereocenters. The lowest BCUT2D eigenvalue weighted by atomic mass is 9.99. The number of aromatic nitrogens is 2. The number of piperidine rings is 1. The fourth-order valence-corrected chi connectivity index (χ4v) is 6.59. The number of esters is 1. The summed E-state index contributed by atoms with van der Waals surface area (Å²) in [6.07, 6.45) is 0.891. The monoisotopic (exact) mass is 530 g/mol. The number of benzene rings is 2. The number of nitrogens with zero attached hydrogens (tertiary/aromatic N) is 4. The summed E-state index contributed by atoms with van der Waals surface area (Å²) in [5, 5.41) is 5.45. The van der Waals surface area contributed by atoms with E-state index in [2.05, 4.69) is 0 Å². The van der Waals surface area contributed by atoms with Gasteiger partial charge in [-0.1, -0.05) is 35.9 Å². The average molecular weight is 531 g/mol. The van der Waals surface area contributed by atoms with Gasteiger partial charge >= 0.3 is 5.97 Å². The minimum Gasteiger partial charge on any atom is -0.494 e. The van der Waals surface area contributed by atoms with E-state index < -0.39 is 10.2 Å². The van der Waals surface area contributed by atoms with Crippen molar-refractivity contribution in [1.29, 1.82) is 0 Å². The molecule has 0 unspecified atom stereocenters. The van der Waals surface area contributed by atoms with Crippen molar-refractivity contribution in [1.82, 2.24) is 18.4 Å². The smallest absolute Gasteiger partial charge is 0.308 e. The highest BCUT2D eigenvalue weighted by atomic mass is 35.5. The second-order valence-electron chi connectivity index (χ2n) is 8.84. The van der Waals surface area contributed by atoms with Crippen molar-refractivity contribution in [3.8, 4) is 22.7 Å². The van der Waals surface area contributed by atoms with Crippen molar-refractivity contribution in [2.75, 3.05) is 27.3 Å². The molecule has 5 rings (SSSR count). The lowest BCUT2D eigenvalue weighted by molar-refractivity contribution is -0.146. The Kier molecular flexibility index (Phi) is 6.78. The first-order valence-corrected chi connectivity index (χ1v) is 13.4. The third-order valence-electron chi connectivity index (χ3n) is 6.80. The maximum absolute atomic E-state index is 13.5. The third kappa shape index (κ3) is 4.39. The van der Waals surface area contributed by atoms with Gasteiger partial charge in [0.25, 0.3) is 10.2 Å². The van der Waals surface area contributed by atoms with Crippen LogP contribution in [0, 0.1) is 5.92 Å². The summed E-state index contributed by atoms with van der Waals surface area (Å²) >= 11 is 6.14.